The van der Waals surface area contributed by atoms with Crippen LogP contribution in [0.1, 0.15) is 11.4 Å². The summed E-state index contributed by atoms with van der Waals surface area (Å²) < 4.78 is 12.3. The van der Waals surface area contributed by atoms with Crippen molar-refractivity contribution < 1.29 is 14.3 Å². The zero-order valence-corrected chi connectivity index (χ0v) is 16.8. The Labute approximate surface area is 171 Å². The van der Waals surface area contributed by atoms with Crippen molar-refractivity contribution >= 4 is 22.2 Å². The third kappa shape index (κ3) is 4.35. The number of ether oxygens (including phenoxy) is 2. The first kappa shape index (κ1) is 18.9. The number of aromatic nitrogens is 4. The van der Waals surface area contributed by atoms with E-state index in [9.17, 15) is 4.79 Å². The van der Waals surface area contributed by atoms with Crippen molar-refractivity contribution in [2.45, 2.75) is 13.5 Å². The Hall–Kier alpha value is -3.46. The van der Waals surface area contributed by atoms with Gasteiger partial charge in [0.15, 0.2) is 12.4 Å². The molecule has 0 aliphatic heterocycles. The van der Waals surface area contributed by atoms with Gasteiger partial charge in [-0.05, 0) is 36.8 Å². The number of nitrogens with one attached hydrogen (secondary N) is 1. The van der Waals surface area contributed by atoms with Gasteiger partial charge in [0.25, 0.3) is 5.91 Å². The molecule has 0 saturated heterocycles. The van der Waals surface area contributed by atoms with Crippen molar-refractivity contribution in [3.8, 4) is 22.1 Å². The number of fused-ring (bicyclic) bond motifs is 1. The van der Waals surface area contributed by atoms with E-state index in [1.807, 2.05) is 31.2 Å². The first-order chi connectivity index (χ1) is 14.1. The molecule has 2 aromatic heterocycles. The van der Waals surface area contributed by atoms with Crippen molar-refractivity contribution in [3.05, 3.63) is 59.9 Å². The molecule has 0 saturated carbocycles. The highest BCUT2D eigenvalue weighted by atomic mass is 32.1. The van der Waals surface area contributed by atoms with Gasteiger partial charge in [-0.15, -0.1) is 10.2 Å². The molecule has 9 heteroatoms. The van der Waals surface area contributed by atoms with Crippen molar-refractivity contribution in [3.63, 3.8) is 0 Å². The maximum Gasteiger partial charge on any atom is 0.258 e. The van der Waals surface area contributed by atoms with Crippen LogP contribution in [0.25, 0.3) is 15.5 Å². The summed E-state index contributed by atoms with van der Waals surface area (Å²) >= 11 is 1.49. The fourth-order valence-electron chi connectivity index (χ4n) is 2.67. The Balaban J connectivity index is 1.29. The highest BCUT2D eigenvalue weighted by Crippen LogP contribution is 2.25. The van der Waals surface area contributed by atoms with E-state index in [0.29, 0.717) is 12.3 Å². The van der Waals surface area contributed by atoms with E-state index in [2.05, 4.69) is 20.6 Å². The number of hydrogen-bond donors (Lipinski definition) is 1. The molecule has 1 N–H and O–H groups in total. The number of nitrogens with zero attached hydrogens (tertiary/aromatic N) is 4. The maximum absolute atomic E-state index is 12.0. The SMILES string of the molecule is COc1ccc(OCC(=O)NCc2ccc(-c3nn4c(C)nnc4s3)cc2)cc1. The summed E-state index contributed by atoms with van der Waals surface area (Å²) in [6.45, 7) is 2.25. The summed E-state index contributed by atoms with van der Waals surface area (Å²) in [4.78, 5) is 12.8. The smallest absolute Gasteiger partial charge is 0.258 e. The van der Waals surface area contributed by atoms with E-state index in [1.54, 1.807) is 35.9 Å². The molecule has 0 unspecified atom stereocenters. The second-order valence-corrected chi connectivity index (χ2v) is 7.24. The topological polar surface area (TPSA) is 90.6 Å². The quantitative estimate of drug-likeness (QED) is 0.505. The Morgan fingerprint density at radius 2 is 1.79 bits per heavy atom. The van der Waals surface area contributed by atoms with Gasteiger partial charge in [0.2, 0.25) is 4.96 Å². The molecule has 8 nitrogen and oxygen atoms in total. The van der Waals surface area contributed by atoms with E-state index in [0.717, 1.165) is 32.7 Å². The third-order valence-electron chi connectivity index (χ3n) is 4.27. The molecule has 0 aliphatic rings. The summed E-state index contributed by atoms with van der Waals surface area (Å²) in [5.74, 6) is 1.93. The molecule has 0 atom stereocenters. The summed E-state index contributed by atoms with van der Waals surface area (Å²) in [6.07, 6.45) is 0. The van der Waals surface area contributed by atoms with E-state index >= 15 is 0 Å². The molecule has 2 heterocycles. The van der Waals surface area contributed by atoms with Crippen LogP contribution in [0.2, 0.25) is 0 Å². The van der Waals surface area contributed by atoms with Gasteiger partial charge < -0.3 is 14.8 Å². The van der Waals surface area contributed by atoms with Crippen molar-refractivity contribution in [2.24, 2.45) is 0 Å². The minimum atomic E-state index is -0.186. The summed E-state index contributed by atoms with van der Waals surface area (Å²) in [7, 11) is 1.60. The zero-order chi connectivity index (χ0) is 20.2. The molecule has 1 amide bonds. The van der Waals surface area contributed by atoms with Gasteiger partial charge in [0, 0.05) is 12.1 Å². The van der Waals surface area contributed by atoms with Crippen molar-refractivity contribution in [1.29, 1.82) is 0 Å². The number of rotatable bonds is 7. The van der Waals surface area contributed by atoms with Crippen LogP contribution in [0, 0.1) is 6.92 Å². The maximum atomic E-state index is 12.0. The lowest BCUT2D eigenvalue weighted by atomic mass is 10.1. The lowest BCUT2D eigenvalue weighted by Gasteiger charge is -2.08. The van der Waals surface area contributed by atoms with Crippen LogP contribution in [0.3, 0.4) is 0 Å². The van der Waals surface area contributed by atoms with Gasteiger partial charge in [-0.2, -0.15) is 9.61 Å². The normalized spacial score (nSPS) is 10.8. The first-order valence-corrected chi connectivity index (χ1v) is 9.76. The number of benzene rings is 2. The monoisotopic (exact) mass is 409 g/mol. The van der Waals surface area contributed by atoms with Gasteiger partial charge in [0.05, 0.1) is 7.11 Å². The average molecular weight is 409 g/mol. The average Bonchev–Trinajstić information content (AvgIpc) is 3.33. The molecule has 0 bridgehead atoms. The second-order valence-electron chi connectivity index (χ2n) is 6.29. The lowest BCUT2D eigenvalue weighted by molar-refractivity contribution is -0.123. The van der Waals surface area contributed by atoms with Crippen LogP contribution in [-0.4, -0.2) is 39.4 Å². The standard InChI is InChI=1S/C20H19N5O3S/c1-13-22-23-20-25(13)24-19(29-20)15-5-3-14(4-6-15)11-21-18(26)12-28-17-9-7-16(27-2)8-10-17/h3-10H,11-12H2,1-2H3,(H,21,26). The lowest BCUT2D eigenvalue weighted by Crippen LogP contribution is -2.28. The summed E-state index contributed by atoms with van der Waals surface area (Å²) in [5.41, 5.74) is 1.99. The van der Waals surface area contributed by atoms with Crippen LogP contribution in [0.15, 0.2) is 48.5 Å². The number of amides is 1. The molecule has 29 heavy (non-hydrogen) atoms. The third-order valence-corrected chi connectivity index (χ3v) is 5.21. The second kappa shape index (κ2) is 8.27. The van der Waals surface area contributed by atoms with Gasteiger partial charge in [-0.25, -0.2) is 0 Å². The number of carbonyl (C=O) groups excluding carboxylic acids is 1. The molecule has 0 aliphatic carbocycles. The molecule has 2 aromatic carbocycles. The highest BCUT2D eigenvalue weighted by molar-refractivity contribution is 7.19. The van der Waals surface area contributed by atoms with E-state index in [1.165, 1.54) is 11.3 Å². The van der Waals surface area contributed by atoms with Gasteiger partial charge >= 0.3 is 0 Å². The predicted molar refractivity (Wildman–Crippen MR) is 109 cm³/mol. The van der Waals surface area contributed by atoms with E-state index < -0.39 is 0 Å². The fraction of sp³-hybridized carbons (Fsp3) is 0.200. The Morgan fingerprint density at radius 3 is 2.48 bits per heavy atom. The predicted octanol–water partition coefficient (Wildman–Crippen LogP) is 2.87. The molecule has 4 rings (SSSR count). The fourth-order valence-corrected chi connectivity index (χ4v) is 3.56. The minimum Gasteiger partial charge on any atom is -0.497 e. The van der Waals surface area contributed by atoms with E-state index in [-0.39, 0.29) is 12.5 Å². The van der Waals surface area contributed by atoms with Crippen LogP contribution in [-0.2, 0) is 11.3 Å². The molecular weight excluding hydrogens is 390 g/mol. The first-order valence-electron chi connectivity index (χ1n) is 8.94. The van der Waals surface area contributed by atoms with Gasteiger partial charge in [0.1, 0.15) is 16.5 Å². The zero-order valence-electron chi connectivity index (χ0n) is 16.0. The van der Waals surface area contributed by atoms with Gasteiger partial charge in [-0.1, -0.05) is 35.6 Å². The van der Waals surface area contributed by atoms with Crippen molar-refractivity contribution in [2.75, 3.05) is 13.7 Å². The van der Waals surface area contributed by atoms with E-state index in [4.69, 9.17) is 9.47 Å². The Bertz CT molecular complexity index is 1120. The number of aryl methyl sites for hydroxylation is 1. The van der Waals surface area contributed by atoms with Gasteiger partial charge in [-0.3, -0.25) is 4.79 Å². The summed E-state index contributed by atoms with van der Waals surface area (Å²) in [5, 5.41) is 16.3. The Kier molecular flexibility index (Phi) is 5.39. The number of methoxy groups -OCH3 is 1. The van der Waals surface area contributed by atoms with Crippen LogP contribution >= 0.6 is 11.3 Å². The molecule has 0 fully saturated rings. The highest BCUT2D eigenvalue weighted by Gasteiger charge is 2.10. The molecular formula is C20H19N5O3S. The largest absolute Gasteiger partial charge is 0.497 e. The summed E-state index contributed by atoms with van der Waals surface area (Å²) in [6, 6.07) is 15.0. The number of carbonyl (C=O) groups is 1. The van der Waals surface area contributed by atoms with Crippen LogP contribution in [0.5, 0.6) is 11.5 Å². The van der Waals surface area contributed by atoms with Crippen LogP contribution < -0.4 is 14.8 Å². The number of hydrogen-bond acceptors (Lipinski definition) is 7. The molecule has 148 valence electrons. The Morgan fingerprint density at radius 1 is 1.07 bits per heavy atom. The molecule has 0 spiro atoms. The van der Waals surface area contributed by atoms with Crippen molar-refractivity contribution in [1.82, 2.24) is 25.1 Å². The molecule has 4 aromatic rings. The minimum absolute atomic E-state index is 0.0449. The van der Waals surface area contributed by atoms with Crippen LogP contribution in [0.4, 0.5) is 0 Å². The molecule has 0 radical (unpaired) electrons.